The summed E-state index contributed by atoms with van der Waals surface area (Å²) >= 11 is 1.51. The minimum Gasteiger partial charge on any atom is -0.335 e. The molecule has 18 heavy (non-hydrogen) atoms. The number of carbonyl (C=O) groups is 1. The zero-order chi connectivity index (χ0) is 13.0. The van der Waals surface area contributed by atoms with E-state index in [-0.39, 0.29) is 5.91 Å². The summed E-state index contributed by atoms with van der Waals surface area (Å²) in [7, 11) is 1.72. The topological polar surface area (TPSA) is 57.0 Å². The Morgan fingerprint density at radius 2 is 2.39 bits per heavy atom. The molecule has 0 bridgehead atoms. The van der Waals surface area contributed by atoms with E-state index < -0.39 is 0 Å². The monoisotopic (exact) mass is 257 g/mol. The first-order valence-corrected chi connectivity index (χ1v) is 6.22. The summed E-state index contributed by atoms with van der Waals surface area (Å²) in [5, 5.41) is 11.6. The molecule has 0 aliphatic heterocycles. The molecule has 0 aliphatic rings. The lowest BCUT2D eigenvalue weighted by atomic mass is 10.1. The van der Waals surface area contributed by atoms with Crippen molar-refractivity contribution in [3.63, 3.8) is 0 Å². The Kier molecular flexibility index (Phi) is 3.70. The maximum Gasteiger partial charge on any atom is 0.254 e. The predicted molar refractivity (Wildman–Crippen MR) is 69.1 cm³/mol. The van der Waals surface area contributed by atoms with Gasteiger partial charge in [-0.3, -0.25) is 4.79 Å². The molecule has 4 nitrogen and oxygen atoms in total. The summed E-state index contributed by atoms with van der Waals surface area (Å²) in [6.45, 7) is 0.479. The van der Waals surface area contributed by atoms with Crippen molar-refractivity contribution in [2.45, 2.75) is 6.54 Å². The molecular weight excluding hydrogens is 246 g/mol. The molecule has 1 heterocycles. The number of carbonyl (C=O) groups excluding carboxylic acids is 1. The molecule has 1 amide bonds. The van der Waals surface area contributed by atoms with E-state index in [9.17, 15) is 4.79 Å². The van der Waals surface area contributed by atoms with Crippen LogP contribution in [0.2, 0.25) is 0 Å². The number of amides is 1. The Labute approximate surface area is 109 Å². The van der Waals surface area contributed by atoms with E-state index >= 15 is 0 Å². The lowest BCUT2D eigenvalue weighted by Crippen LogP contribution is -2.26. The maximum absolute atomic E-state index is 12.1. The number of benzene rings is 1. The second kappa shape index (κ2) is 5.43. The van der Waals surface area contributed by atoms with Crippen molar-refractivity contribution in [2.75, 3.05) is 7.05 Å². The average molecular weight is 257 g/mol. The Morgan fingerprint density at radius 1 is 1.56 bits per heavy atom. The van der Waals surface area contributed by atoms with Gasteiger partial charge in [0.2, 0.25) is 0 Å². The fourth-order valence-corrected chi connectivity index (χ4v) is 2.22. The molecule has 0 saturated heterocycles. The summed E-state index contributed by atoms with van der Waals surface area (Å²) < 4.78 is 0. The van der Waals surface area contributed by atoms with Gasteiger partial charge in [-0.1, -0.05) is 6.07 Å². The van der Waals surface area contributed by atoms with E-state index in [2.05, 4.69) is 4.98 Å². The first-order chi connectivity index (χ1) is 8.70. The number of nitriles is 1. The fraction of sp³-hybridized carbons (Fsp3) is 0.154. The average Bonchev–Trinajstić information content (AvgIpc) is 2.90. The zero-order valence-corrected chi connectivity index (χ0v) is 10.6. The number of rotatable bonds is 3. The molecule has 5 heteroatoms. The molecule has 1 aromatic carbocycles. The summed E-state index contributed by atoms with van der Waals surface area (Å²) in [5.41, 5.74) is 1.01. The van der Waals surface area contributed by atoms with E-state index in [1.54, 1.807) is 42.4 Å². The highest BCUT2D eigenvalue weighted by Crippen LogP contribution is 2.11. The van der Waals surface area contributed by atoms with Gasteiger partial charge in [0, 0.05) is 24.2 Å². The number of hydrogen-bond donors (Lipinski definition) is 0. The van der Waals surface area contributed by atoms with Gasteiger partial charge in [-0.2, -0.15) is 5.26 Å². The van der Waals surface area contributed by atoms with Crippen LogP contribution in [0.3, 0.4) is 0 Å². The highest BCUT2D eigenvalue weighted by atomic mass is 32.1. The third-order valence-corrected chi connectivity index (χ3v) is 3.21. The second-order valence-corrected chi connectivity index (χ2v) is 4.76. The summed E-state index contributed by atoms with van der Waals surface area (Å²) in [6.07, 6.45) is 1.72. The van der Waals surface area contributed by atoms with Gasteiger partial charge in [-0.05, 0) is 18.2 Å². The molecule has 90 valence electrons. The Morgan fingerprint density at radius 3 is 3.06 bits per heavy atom. The van der Waals surface area contributed by atoms with Crippen LogP contribution in [-0.2, 0) is 6.54 Å². The molecule has 0 saturated carbocycles. The molecule has 2 rings (SSSR count). The van der Waals surface area contributed by atoms with E-state index in [4.69, 9.17) is 5.26 Å². The zero-order valence-electron chi connectivity index (χ0n) is 9.83. The van der Waals surface area contributed by atoms with Crippen molar-refractivity contribution in [2.24, 2.45) is 0 Å². The van der Waals surface area contributed by atoms with E-state index in [1.807, 2.05) is 11.4 Å². The van der Waals surface area contributed by atoms with E-state index in [0.717, 1.165) is 5.01 Å². The first kappa shape index (κ1) is 12.3. The van der Waals surface area contributed by atoms with Crippen molar-refractivity contribution in [3.8, 4) is 6.07 Å². The Hall–Kier alpha value is -2.19. The molecule has 0 N–H and O–H groups in total. The predicted octanol–water partition coefficient (Wildman–Crippen LogP) is 2.29. The van der Waals surface area contributed by atoms with Crippen molar-refractivity contribution in [1.29, 1.82) is 5.26 Å². The normalized spacial score (nSPS) is 9.78. The fourth-order valence-electron chi connectivity index (χ4n) is 1.55. The Balaban J connectivity index is 2.13. The third-order valence-electron chi connectivity index (χ3n) is 2.44. The largest absolute Gasteiger partial charge is 0.335 e. The molecule has 0 unspecified atom stereocenters. The van der Waals surface area contributed by atoms with Crippen LogP contribution in [-0.4, -0.2) is 22.8 Å². The van der Waals surface area contributed by atoms with Gasteiger partial charge < -0.3 is 4.90 Å². The smallest absolute Gasteiger partial charge is 0.254 e. The van der Waals surface area contributed by atoms with Crippen LogP contribution < -0.4 is 0 Å². The van der Waals surface area contributed by atoms with Crippen LogP contribution in [0.5, 0.6) is 0 Å². The molecule has 0 spiro atoms. The van der Waals surface area contributed by atoms with Gasteiger partial charge in [-0.15, -0.1) is 11.3 Å². The standard InChI is InChI=1S/C13H11N3OS/c1-16(9-12-15-5-6-18-12)13(17)11-4-2-3-10(7-11)8-14/h2-7H,9H2,1H3. The SMILES string of the molecule is CN(Cc1nccs1)C(=O)c1cccc(C#N)c1. The number of thiazole rings is 1. The summed E-state index contributed by atoms with van der Waals surface area (Å²) in [5.74, 6) is -0.109. The van der Waals surface area contributed by atoms with E-state index in [1.165, 1.54) is 11.3 Å². The Bertz CT molecular complexity index is 587. The molecule has 1 aromatic heterocycles. The van der Waals surface area contributed by atoms with Crippen LogP contribution in [0.15, 0.2) is 35.8 Å². The minimum atomic E-state index is -0.109. The van der Waals surface area contributed by atoms with Crippen LogP contribution in [0, 0.1) is 11.3 Å². The molecule has 2 aromatic rings. The maximum atomic E-state index is 12.1. The van der Waals surface area contributed by atoms with Crippen LogP contribution >= 0.6 is 11.3 Å². The quantitative estimate of drug-likeness (QED) is 0.847. The molecule has 0 fully saturated rings. The third kappa shape index (κ3) is 2.73. The van der Waals surface area contributed by atoms with Crippen LogP contribution in [0.4, 0.5) is 0 Å². The molecule has 0 radical (unpaired) electrons. The van der Waals surface area contributed by atoms with Gasteiger partial charge in [0.25, 0.3) is 5.91 Å². The van der Waals surface area contributed by atoms with Gasteiger partial charge >= 0.3 is 0 Å². The number of aromatic nitrogens is 1. The van der Waals surface area contributed by atoms with Crippen LogP contribution in [0.25, 0.3) is 0 Å². The van der Waals surface area contributed by atoms with Gasteiger partial charge in [0.05, 0.1) is 18.2 Å². The molecule has 0 aliphatic carbocycles. The van der Waals surface area contributed by atoms with Crippen LogP contribution in [0.1, 0.15) is 20.9 Å². The second-order valence-electron chi connectivity index (χ2n) is 3.78. The lowest BCUT2D eigenvalue weighted by molar-refractivity contribution is 0.0785. The van der Waals surface area contributed by atoms with Gasteiger partial charge in [0.1, 0.15) is 5.01 Å². The lowest BCUT2D eigenvalue weighted by Gasteiger charge is -2.15. The van der Waals surface area contributed by atoms with Crippen molar-refractivity contribution in [1.82, 2.24) is 9.88 Å². The molecular formula is C13H11N3OS. The number of hydrogen-bond acceptors (Lipinski definition) is 4. The van der Waals surface area contributed by atoms with Crippen molar-refractivity contribution in [3.05, 3.63) is 52.0 Å². The minimum absolute atomic E-state index is 0.109. The van der Waals surface area contributed by atoms with Crippen molar-refractivity contribution >= 4 is 17.2 Å². The van der Waals surface area contributed by atoms with E-state index in [0.29, 0.717) is 17.7 Å². The van der Waals surface area contributed by atoms with Crippen molar-refractivity contribution < 1.29 is 4.79 Å². The molecule has 0 atom stereocenters. The van der Waals surface area contributed by atoms with Gasteiger partial charge in [-0.25, -0.2) is 4.98 Å². The highest BCUT2D eigenvalue weighted by Gasteiger charge is 2.13. The summed E-state index contributed by atoms with van der Waals surface area (Å²) in [6, 6.07) is 8.72. The summed E-state index contributed by atoms with van der Waals surface area (Å²) in [4.78, 5) is 17.9. The first-order valence-electron chi connectivity index (χ1n) is 5.34. The number of nitrogens with zero attached hydrogens (tertiary/aromatic N) is 3. The highest BCUT2D eigenvalue weighted by molar-refractivity contribution is 7.09. The van der Waals surface area contributed by atoms with Gasteiger partial charge in [0.15, 0.2) is 0 Å².